The molecule has 8 heteroatoms. The maximum atomic E-state index is 12.8. The molecule has 34 heavy (non-hydrogen) atoms. The number of hydrogen-bond donors (Lipinski definition) is 2. The summed E-state index contributed by atoms with van der Waals surface area (Å²) >= 11 is 6.38. The second kappa shape index (κ2) is 10.1. The van der Waals surface area contributed by atoms with Crippen LogP contribution in [-0.2, 0) is 11.2 Å². The zero-order valence-electron chi connectivity index (χ0n) is 18.9. The molecule has 0 radical (unpaired) electrons. The van der Waals surface area contributed by atoms with E-state index in [0.717, 1.165) is 17.0 Å². The molecule has 0 spiro atoms. The smallest absolute Gasteiger partial charge is 0.307 e. The fourth-order valence-corrected chi connectivity index (χ4v) is 4.07. The highest BCUT2D eigenvalue weighted by atomic mass is 35.5. The van der Waals surface area contributed by atoms with Gasteiger partial charge in [0.1, 0.15) is 24.2 Å². The number of para-hydroxylation sites is 2. The topological polar surface area (TPSA) is 88.1 Å². The summed E-state index contributed by atoms with van der Waals surface area (Å²) in [7, 11) is 2.01. The standard InChI is InChI=1S/C26H25ClN2O5/c1-16-7-8-17(12-25(30)31)11-22(16)28-26(32)20-10-9-18(13-21(20)27)33-15-19-14-29(2)23-5-3-4-6-24(23)34-19/h3-11,13,19H,12,14-15H2,1-2H3,(H,28,32)(H,30,31)/t19-/m0/s1. The van der Waals surface area contributed by atoms with Crippen molar-refractivity contribution in [1.82, 2.24) is 0 Å². The first kappa shape index (κ1) is 23.4. The molecule has 0 aliphatic carbocycles. The Morgan fingerprint density at radius 2 is 1.97 bits per heavy atom. The normalized spacial score (nSPS) is 14.7. The zero-order valence-corrected chi connectivity index (χ0v) is 19.6. The van der Waals surface area contributed by atoms with Crippen molar-refractivity contribution in [1.29, 1.82) is 0 Å². The summed E-state index contributed by atoms with van der Waals surface area (Å²) < 4.78 is 11.9. The van der Waals surface area contributed by atoms with Gasteiger partial charge < -0.3 is 24.8 Å². The number of anilines is 2. The molecule has 2 N–H and O–H groups in total. The van der Waals surface area contributed by atoms with E-state index in [9.17, 15) is 9.59 Å². The first-order chi connectivity index (χ1) is 16.3. The van der Waals surface area contributed by atoms with Crippen LogP contribution in [0.2, 0.25) is 5.02 Å². The average molecular weight is 481 g/mol. The minimum absolute atomic E-state index is 0.123. The summed E-state index contributed by atoms with van der Waals surface area (Å²) in [4.78, 5) is 25.9. The maximum Gasteiger partial charge on any atom is 0.307 e. The third kappa shape index (κ3) is 5.43. The molecule has 0 fully saturated rings. The number of carbonyl (C=O) groups excluding carboxylic acids is 1. The summed E-state index contributed by atoms with van der Waals surface area (Å²) in [5.74, 6) is 0.0270. The van der Waals surface area contributed by atoms with Gasteiger partial charge in [-0.15, -0.1) is 0 Å². The molecule has 7 nitrogen and oxygen atoms in total. The number of halogens is 1. The summed E-state index contributed by atoms with van der Waals surface area (Å²) in [6.45, 7) is 2.85. The van der Waals surface area contributed by atoms with E-state index in [-0.39, 0.29) is 23.5 Å². The molecule has 1 aliphatic heterocycles. The van der Waals surface area contributed by atoms with Crippen molar-refractivity contribution in [2.45, 2.75) is 19.4 Å². The van der Waals surface area contributed by atoms with Gasteiger partial charge in [0.2, 0.25) is 0 Å². The number of rotatable bonds is 7. The Hall–Kier alpha value is -3.71. The van der Waals surface area contributed by atoms with Gasteiger partial charge in [-0.1, -0.05) is 35.9 Å². The molecule has 0 bridgehead atoms. The van der Waals surface area contributed by atoms with Gasteiger partial charge in [-0.25, -0.2) is 0 Å². The number of nitrogens with zero attached hydrogens (tertiary/aromatic N) is 1. The van der Waals surface area contributed by atoms with E-state index in [1.807, 2.05) is 38.2 Å². The fraction of sp³-hybridized carbons (Fsp3) is 0.231. The molecule has 4 rings (SSSR count). The Balaban J connectivity index is 1.40. The van der Waals surface area contributed by atoms with Gasteiger partial charge in [0.05, 0.1) is 29.2 Å². The largest absolute Gasteiger partial charge is 0.490 e. The van der Waals surface area contributed by atoms with E-state index in [4.69, 9.17) is 26.2 Å². The van der Waals surface area contributed by atoms with Gasteiger partial charge >= 0.3 is 5.97 Å². The second-order valence-electron chi connectivity index (χ2n) is 8.21. The monoisotopic (exact) mass is 480 g/mol. The Morgan fingerprint density at radius 3 is 2.74 bits per heavy atom. The Bertz CT molecular complexity index is 1230. The molecule has 1 heterocycles. The lowest BCUT2D eigenvalue weighted by atomic mass is 10.1. The SMILES string of the molecule is Cc1ccc(CC(=O)O)cc1NC(=O)c1ccc(OC[C@@H]2CN(C)c3ccccc3O2)cc1Cl. The number of fused-ring (bicyclic) bond motifs is 1. The maximum absolute atomic E-state index is 12.8. The number of nitrogens with one attached hydrogen (secondary N) is 1. The van der Waals surface area contributed by atoms with E-state index < -0.39 is 5.97 Å². The van der Waals surface area contributed by atoms with Crippen LogP contribution in [0.4, 0.5) is 11.4 Å². The molecule has 1 atom stereocenters. The number of carbonyl (C=O) groups is 2. The molecule has 3 aromatic carbocycles. The predicted molar refractivity (Wildman–Crippen MR) is 132 cm³/mol. The predicted octanol–water partition coefficient (Wildman–Crippen LogP) is 4.80. The molecule has 0 saturated heterocycles. The van der Waals surface area contributed by atoms with E-state index in [0.29, 0.717) is 35.7 Å². The molecule has 0 saturated carbocycles. The highest BCUT2D eigenvalue weighted by Gasteiger charge is 2.24. The van der Waals surface area contributed by atoms with Crippen LogP contribution in [0.25, 0.3) is 0 Å². The van der Waals surface area contributed by atoms with Crippen LogP contribution in [0.3, 0.4) is 0 Å². The lowest BCUT2D eigenvalue weighted by molar-refractivity contribution is -0.136. The van der Waals surface area contributed by atoms with Crippen molar-refractivity contribution in [3.63, 3.8) is 0 Å². The van der Waals surface area contributed by atoms with Crippen LogP contribution in [0.15, 0.2) is 60.7 Å². The molecule has 1 aliphatic rings. The summed E-state index contributed by atoms with van der Waals surface area (Å²) in [6.07, 6.45) is -0.273. The molecule has 0 aromatic heterocycles. The number of hydrogen-bond acceptors (Lipinski definition) is 5. The summed E-state index contributed by atoms with van der Waals surface area (Å²) in [5.41, 5.74) is 3.29. The van der Waals surface area contributed by atoms with Gasteiger partial charge in [-0.3, -0.25) is 9.59 Å². The van der Waals surface area contributed by atoms with Crippen molar-refractivity contribution in [3.8, 4) is 11.5 Å². The first-order valence-electron chi connectivity index (χ1n) is 10.8. The van der Waals surface area contributed by atoms with Gasteiger partial charge in [0.15, 0.2) is 0 Å². The summed E-state index contributed by atoms with van der Waals surface area (Å²) in [5, 5.41) is 12.1. The Morgan fingerprint density at radius 1 is 1.18 bits per heavy atom. The van der Waals surface area contributed by atoms with Gasteiger partial charge in [-0.05, 0) is 54.4 Å². The number of aliphatic carboxylic acids is 1. The number of aryl methyl sites for hydroxylation is 1. The lowest BCUT2D eigenvalue weighted by Gasteiger charge is -2.33. The van der Waals surface area contributed by atoms with E-state index in [1.54, 1.807) is 36.4 Å². The number of ether oxygens (including phenoxy) is 2. The van der Waals surface area contributed by atoms with E-state index >= 15 is 0 Å². The van der Waals surface area contributed by atoms with E-state index in [2.05, 4.69) is 10.2 Å². The van der Waals surface area contributed by atoms with Crippen LogP contribution < -0.4 is 19.7 Å². The van der Waals surface area contributed by atoms with Gasteiger partial charge in [0, 0.05) is 12.7 Å². The highest BCUT2D eigenvalue weighted by molar-refractivity contribution is 6.34. The molecular formula is C26H25ClN2O5. The third-order valence-corrected chi connectivity index (χ3v) is 5.89. The van der Waals surface area contributed by atoms with Crippen molar-refractivity contribution in [2.75, 3.05) is 30.4 Å². The zero-order chi connectivity index (χ0) is 24.2. The third-order valence-electron chi connectivity index (χ3n) is 5.57. The van der Waals surface area contributed by atoms with Crippen LogP contribution in [0, 0.1) is 6.92 Å². The van der Waals surface area contributed by atoms with Gasteiger partial charge in [0.25, 0.3) is 5.91 Å². The van der Waals surface area contributed by atoms with Crippen molar-refractivity contribution in [2.24, 2.45) is 0 Å². The Kier molecular flexibility index (Phi) is 6.93. The van der Waals surface area contributed by atoms with Gasteiger partial charge in [-0.2, -0.15) is 0 Å². The van der Waals surface area contributed by atoms with Crippen molar-refractivity contribution in [3.05, 3.63) is 82.4 Å². The van der Waals surface area contributed by atoms with Crippen LogP contribution in [0.1, 0.15) is 21.5 Å². The fourth-order valence-electron chi connectivity index (χ4n) is 3.82. The number of carboxylic acid groups (broad SMARTS) is 1. The molecule has 3 aromatic rings. The number of likely N-dealkylation sites (N-methyl/N-ethyl adjacent to an activating group) is 1. The van der Waals surface area contributed by atoms with Crippen LogP contribution in [-0.4, -0.2) is 43.3 Å². The Labute approximate surface area is 202 Å². The second-order valence-corrected chi connectivity index (χ2v) is 8.62. The number of benzene rings is 3. The number of amides is 1. The van der Waals surface area contributed by atoms with Crippen molar-refractivity contribution < 1.29 is 24.2 Å². The minimum Gasteiger partial charge on any atom is -0.490 e. The highest BCUT2D eigenvalue weighted by Crippen LogP contribution is 2.32. The molecule has 176 valence electrons. The van der Waals surface area contributed by atoms with E-state index in [1.165, 1.54) is 0 Å². The first-order valence-corrected chi connectivity index (χ1v) is 11.2. The average Bonchev–Trinajstić information content (AvgIpc) is 2.79. The number of carboxylic acids is 1. The lowest BCUT2D eigenvalue weighted by Crippen LogP contribution is -2.41. The van der Waals surface area contributed by atoms with Crippen LogP contribution >= 0.6 is 11.6 Å². The molecule has 1 amide bonds. The minimum atomic E-state index is -0.936. The quantitative estimate of drug-likeness (QED) is 0.505. The molecular weight excluding hydrogens is 456 g/mol. The summed E-state index contributed by atoms with van der Waals surface area (Å²) in [6, 6.07) is 17.9. The van der Waals surface area contributed by atoms with Crippen LogP contribution in [0.5, 0.6) is 11.5 Å². The molecule has 0 unspecified atom stereocenters. The van der Waals surface area contributed by atoms with Crippen molar-refractivity contribution >= 4 is 34.9 Å².